The molecule has 6 aliphatic rings. The predicted octanol–water partition coefficient (Wildman–Crippen LogP) is 1.57. The van der Waals surface area contributed by atoms with Crippen molar-refractivity contribution in [3.63, 3.8) is 0 Å². The molecule has 0 radical (unpaired) electrons. The van der Waals surface area contributed by atoms with Gasteiger partial charge in [0.05, 0.1) is 31.0 Å². The second kappa shape index (κ2) is 12.1. The lowest BCUT2D eigenvalue weighted by atomic mass is 9.35. The van der Waals surface area contributed by atoms with E-state index in [1.165, 1.54) is 0 Å². The molecule has 0 aromatic rings. The summed E-state index contributed by atoms with van der Waals surface area (Å²) in [5, 5.41) is 84.4. The summed E-state index contributed by atoms with van der Waals surface area (Å²) in [6.07, 6.45) is -3.61. The fraction of sp³-hybridized carbons (Fsp3) is 0.972. The normalized spacial score (nSPS) is 56.5. The zero-order chi connectivity index (χ0) is 35.4. The van der Waals surface area contributed by atoms with Gasteiger partial charge in [0.25, 0.3) is 0 Å². The van der Waals surface area contributed by atoms with Gasteiger partial charge in [-0.1, -0.05) is 27.7 Å². The molecule has 4 saturated carbocycles. The number of carboxylic acid groups (broad SMARTS) is 1. The minimum absolute atomic E-state index is 0.0586. The molecule has 0 aromatic carbocycles. The maximum atomic E-state index is 13.1. The summed E-state index contributed by atoms with van der Waals surface area (Å²) < 4.78 is 18.5. The molecule has 276 valence electrons. The van der Waals surface area contributed by atoms with Crippen LogP contribution in [0.25, 0.3) is 0 Å². The Labute approximate surface area is 283 Å². The highest BCUT2D eigenvalue weighted by Gasteiger charge is 2.72. The molecular weight excluding hydrogens is 624 g/mol. The summed E-state index contributed by atoms with van der Waals surface area (Å²) in [5.41, 5.74) is -3.99. The second-order valence-electron chi connectivity index (χ2n) is 18.0. The zero-order valence-electron chi connectivity index (χ0n) is 29.4. The maximum absolute atomic E-state index is 13.1. The molecule has 2 saturated heterocycles. The smallest absolute Gasteiger partial charge is 0.336 e. The Morgan fingerprint density at radius 3 is 2.04 bits per heavy atom. The molecule has 1 unspecified atom stereocenters. The number of hydrogen-bond donors (Lipinski definition) is 8. The van der Waals surface area contributed by atoms with E-state index in [2.05, 4.69) is 20.8 Å². The fourth-order valence-electron chi connectivity index (χ4n) is 12.8. The van der Waals surface area contributed by atoms with Crippen molar-refractivity contribution in [1.82, 2.24) is 0 Å². The number of carbonyl (C=O) groups is 1. The standard InChI is InChI=1S/C36H60O12/c1-31(2)28(43)20(39)15-36(48-31,30(44)45)19-9-13-34(5)18(19)7-8-23-32(3)12-11-24(33(4,17-38)22(32)10-14-35(23,34)6)47-29-27(42)26(41)25(40)21(16-37)46-29/h18-29,37-43H,7-17H2,1-6H3,(H,44,45)/t18?,19-,20-,21+,22+,23+,24-,25+,26-,27+,28-,29-,32-,33+,34+,35+,36-/m0/s1. The zero-order valence-corrected chi connectivity index (χ0v) is 29.4. The lowest BCUT2D eigenvalue weighted by Gasteiger charge is -2.70. The van der Waals surface area contributed by atoms with Gasteiger partial charge in [-0.2, -0.15) is 0 Å². The van der Waals surface area contributed by atoms with Gasteiger partial charge in [-0.25, -0.2) is 4.79 Å². The molecule has 0 amide bonds. The van der Waals surface area contributed by atoms with Gasteiger partial charge in [0.1, 0.15) is 30.5 Å². The van der Waals surface area contributed by atoms with E-state index in [1.54, 1.807) is 13.8 Å². The molecule has 12 nitrogen and oxygen atoms in total. The highest BCUT2D eigenvalue weighted by atomic mass is 16.7. The quantitative estimate of drug-likeness (QED) is 0.188. The molecule has 2 heterocycles. The van der Waals surface area contributed by atoms with E-state index in [-0.39, 0.29) is 47.0 Å². The van der Waals surface area contributed by atoms with E-state index >= 15 is 0 Å². The van der Waals surface area contributed by atoms with Gasteiger partial charge in [0.2, 0.25) is 0 Å². The minimum Gasteiger partial charge on any atom is -0.479 e. The molecule has 48 heavy (non-hydrogen) atoms. The average molecular weight is 685 g/mol. The summed E-state index contributed by atoms with van der Waals surface area (Å²) in [6, 6.07) is 0. The number of carboxylic acids is 1. The van der Waals surface area contributed by atoms with Gasteiger partial charge in [-0.15, -0.1) is 0 Å². The van der Waals surface area contributed by atoms with Gasteiger partial charge in [0, 0.05) is 17.8 Å². The van der Waals surface area contributed by atoms with Crippen molar-refractivity contribution in [2.75, 3.05) is 13.2 Å². The Kier molecular flexibility index (Phi) is 9.26. The van der Waals surface area contributed by atoms with Crippen LogP contribution >= 0.6 is 0 Å². The molecule has 0 bridgehead atoms. The third-order valence-corrected chi connectivity index (χ3v) is 15.6. The monoisotopic (exact) mass is 684 g/mol. The van der Waals surface area contributed by atoms with Crippen molar-refractivity contribution in [2.45, 2.75) is 160 Å². The molecule has 0 aromatic heterocycles. The highest BCUT2D eigenvalue weighted by molar-refractivity contribution is 5.78. The first kappa shape index (κ1) is 36.8. The van der Waals surface area contributed by atoms with Crippen LogP contribution in [-0.4, -0.2) is 120 Å². The van der Waals surface area contributed by atoms with Gasteiger partial charge in [0.15, 0.2) is 11.9 Å². The molecule has 6 rings (SSSR count). The van der Waals surface area contributed by atoms with E-state index < -0.39 is 78.2 Å². The first-order valence-corrected chi connectivity index (χ1v) is 18.1. The lowest BCUT2D eigenvalue weighted by Crippen LogP contribution is -2.68. The third kappa shape index (κ3) is 4.94. The summed E-state index contributed by atoms with van der Waals surface area (Å²) in [5.74, 6) is -0.966. The van der Waals surface area contributed by atoms with Crippen LogP contribution < -0.4 is 0 Å². The lowest BCUT2D eigenvalue weighted by molar-refractivity contribution is -0.334. The Hall–Kier alpha value is -0.930. The number of aliphatic hydroxyl groups excluding tert-OH is 7. The topological polar surface area (TPSA) is 207 Å². The van der Waals surface area contributed by atoms with Crippen LogP contribution in [0.1, 0.15) is 99.3 Å². The number of aliphatic hydroxyl groups is 7. The second-order valence-corrected chi connectivity index (χ2v) is 18.0. The van der Waals surface area contributed by atoms with Gasteiger partial charge in [-0.3, -0.25) is 0 Å². The van der Waals surface area contributed by atoms with E-state index in [4.69, 9.17) is 14.2 Å². The highest BCUT2D eigenvalue weighted by Crippen LogP contribution is 2.76. The summed E-state index contributed by atoms with van der Waals surface area (Å²) in [6.45, 7) is 11.7. The Morgan fingerprint density at radius 1 is 0.771 bits per heavy atom. The summed E-state index contributed by atoms with van der Waals surface area (Å²) in [4.78, 5) is 13.1. The number of ether oxygens (including phenoxy) is 3. The third-order valence-electron chi connectivity index (χ3n) is 15.6. The van der Waals surface area contributed by atoms with Crippen molar-refractivity contribution in [3.8, 4) is 0 Å². The maximum Gasteiger partial charge on any atom is 0.336 e. The van der Waals surface area contributed by atoms with Gasteiger partial charge in [-0.05, 0) is 99.2 Å². The first-order valence-electron chi connectivity index (χ1n) is 18.1. The minimum atomic E-state index is -1.59. The molecule has 0 spiro atoms. The predicted molar refractivity (Wildman–Crippen MR) is 171 cm³/mol. The summed E-state index contributed by atoms with van der Waals surface area (Å²) >= 11 is 0. The van der Waals surface area contributed by atoms with Gasteiger partial charge >= 0.3 is 5.97 Å². The number of rotatable bonds is 6. The largest absolute Gasteiger partial charge is 0.479 e. The molecule has 6 fully saturated rings. The van der Waals surface area contributed by atoms with Crippen molar-refractivity contribution >= 4 is 5.97 Å². The van der Waals surface area contributed by atoms with Crippen molar-refractivity contribution in [1.29, 1.82) is 0 Å². The van der Waals surface area contributed by atoms with Crippen molar-refractivity contribution in [2.24, 2.45) is 45.3 Å². The van der Waals surface area contributed by atoms with Crippen LogP contribution in [0.5, 0.6) is 0 Å². The Bertz CT molecular complexity index is 1230. The number of hydrogen-bond acceptors (Lipinski definition) is 11. The summed E-state index contributed by atoms with van der Waals surface area (Å²) in [7, 11) is 0. The van der Waals surface area contributed by atoms with E-state index in [0.717, 1.165) is 38.5 Å². The number of fused-ring (bicyclic) bond motifs is 5. The van der Waals surface area contributed by atoms with E-state index in [0.29, 0.717) is 18.8 Å². The Balaban J connectivity index is 1.27. The van der Waals surface area contributed by atoms with E-state index in [1.807, 2.05) is 6.92 Å². The van der Waals surface area contributed by atoms with Crippen LogP contribution in [0.3, 0.4) is 0 Å². The van der Waals surface area contributed by atoms with Gasteiger partial charge < -0.3 is 55.1 Å². The number of aliphatic carboxylic acids is 1. The molecule has 12 heteroatoms. The Morgan fingerprint density at radius 2 is 1.44 bits per heavy atom. The van der Waals surface area contributed by atoms with Crippen molar-refractivity contribution < 1.29 is 59.9 Å². The van der Waals surface area contributed by atoms with Crippen LogP contribution in [0.4, 0.5) is 0 Å². The SMILES string of the molecule is CC1(C)O[C@](C(=O)O)([C@H]2CC[C@]3(C)C2CC[C@@H]2[C@@]4(C)CC[C@H](O[C@@H]5O[C@H](CO)[C@@H](O)[C@H](O)[C@H]5O)[C@](C)(CO)[C@@H]4CC[C@]23C)C[C@H](O)[C@@H]1O. The first-order chi connectivity index (χ1) is 22.3. The average Bonchev–Trinajstić information content (AvgIpc) is 3.39. The van der Waals surface area contributed by atoms with Crippen LogP contribution in [0.15, 0.2) is 0 Å². The van der Waals surface area contributed by atoms with E-state index in [9.17, 15) is 45.6 Å². The molecule has 4 aliphatic carbocycles. The fourth-order valence-corrected chi connectivity index (χ4v) is 12.8. The molecule has 17 atom stereocenters. The van der Waals surface area contributed by atoms with Crippen LogP contribution in [0, 0.1) is 45.3 Å². The molecule has 8 N–H and O–H groups in total. The van der Waals surface area contributed by atoms with Crippen LogP contribution in [-0.2, 0) is 19.0 Å². The molecule has 2 aliphatic heterocycles. The van der Waals surface area contributed by atoms with Crippen molar-refractivity contribution in [3.05, 3.63) is 0 Å². The molecular formula is C36H60O12. The van der Waals surface area contributed by atoms with Crippen LogP contribution in [0.2, 0.25) is 0 Å².